The molecule has 0 radical (unpaired) electrons. The molecule has 1 N–H and O–H groups in total. The van der Waals surface area contributed by atoms with Crippen LogP contribution < -0.4 is 10.1 Å². The van der Waals surface area contributed by atoms with Gasteiger partial charge in [0.05, 0.1) is 5.69 Å². The molecule has 3 nitrogen and oxygen atoms in total. The summed E-state index contributed by atoms with van der Waals surface area (Å²) in [6.07, 6.45) is 0.782. The van der Waals surface area contributed by atoms with Gasteiger partial charge in [0.25, 0.3) is 0 Å². The molecule has 0 aliphatic carbocycles. The highest BCUT2D eigenvalue weighted by atomic mass is 35.5. The molecule has 0 aliphatic rings. The second-order valence-corrected chi connectivity index (χ2v) is 6.17. The summed E-state index contributed by atoms with van der Waals surface area (Å²) >= 11 is 6.05. The fraction of sp³-hybridized carbons (Fsp3) is 0.0952. The van der Waals surface area contributed by atoms with Crippen LogP contribution in [0.3, 0.4) is 0 Å². The van der Waals surface area contributed by atoms with Crippen molar-refractivity contribution < 1.29 is 13.9 Å². The van der Waals surface area contributed by atoms with Gasteiger partial charge in [-0.15, -0.1) is 0 Å². The Morgan fingerprint density at radius 1 is 1.00 bits per heavy atom. The molecule has 0 unspecified atom stereocenters. The lowest BCUT2D eigenvalue weighted by Gasteiger charge is -2.13. The molecular weight excluding hydrogens is 353 g/mol. The molecule has 0 fully saturated rings. The van der Waals surface area contributed by atoms with Gasteiger partial charge >= 0.3 is 0 Å². The maximum absolute atomic E-state index is 12.9. The third-order valence-electron chi connectivity index (χ3n) is 3.74. The lowest BCUT2D eigenvalue weighted by molar-refractivity contribution is -0.116. The lowest BCUT2D eigenvalue weighted by Crippen LogP contribution is -2.13. The predicted octanol–water partition coefficient (Wildman–Crippen LogP) is 5.84. The third kappa shape index (κ3) is 5.07. The second-order valence-electron chi connectivity index (χ2n) is 5.73. The summed E-state index contributed by atoms with van der Waals surface area (Å²) in [5.74, 6) is 0.710. The molecule has 0 spiro atoms. The SMILES string of the molecule is O=C(CCc1ccc(F)cc1)Nc1cc(Cl)ccc1Oc1ccccc1. The van der Waals surface area contributed by atoms with E-state index in [1.807, 2.05) is 30.3 Å². The summed E-state index contributed by atoms with van der Waals surface area (Å²) < 4.78 is 18.8. The summed E-state index contributed by atoms with van der Waals surface area (Å²) in [6.45, 7) is 0. The molecule has 0 bridgehead atoms. The molecule has 5 heteroatoms. The highest BCUT2D eigenvalue weighted by Crippen LogP contribution is 2.32. The highest BCUT2D eigenvalue weighted by molar-refractivity contribution is 6.31. The number of para-hydroxylation sites is 1. The Bertz CT molecular complexity index is 882. The van der Waals surface area contributed by atoms with Crippen molar-refractivity contribution in [3.8, 4) is 11.5 Å². The van der Waals surface area contributed by atoms with E-state index in [1.165, 1.54) is 12.1 Å². The zero-order valence-corrected chi connectivity index (χ0v) is 14.7. The third-order valence-corrected chi connectivity index (χ3v) is 3.98. The fourth-order valence-corrected chi connectivity index (χ4v) is 2.60. The second kappa shape index (κ2) is 8.50. The van der Waals surface area contributed by atoms with Crippen LogP contribution in [0.5, 0.6) is 11.5 Å². The van der Waals surface area contributed by atoms with E-state index < -0.39 is 0 Å². The molecule has 3 aromatic rings. The Morgan fingerprint density at radius 2 is 1.73 bits per heavy atom. The number of rotatable bonds is 6. The van der Waals surface area contributed by atoms with Crippen LogP contribution in [-0.4, -0.2) is 5.91 Å². The van der Waals surface area contributed by atoms with E-state index >= 15 is 0 Å². The van der Waals surface area contributed by atoms with Gasteiger partial charge in [0.15, 0.2) is 5.75 Å². The van der Waals surface area contributed by atoms with Crippen LogP contribution in [0.25, 0.3) is 0 Å². The summed E-state index contributed by atoms with van der Waals surface area (Å²) in [4.78, 5) is 12.3. The van der Waals surface area contributed by atoms with Crippen LogP contribution in [0.15, 0.2) is 72.8 Å². The molecular formula is C21H17ClFNO2. The van der Waals surface area contributed by atoms with Gasteiger partial charge in [-0.25, -0.2) is 4.39 Å². The van der Waals surface area contributed by atoms with Gasteiger partial charge in [-0.2, -0.15) is 0 Å². The van der Waals surface area contributed by atoms with Crippen LogP contribution in [0.4, 0.5) is 10.1 Å². The van der Waals surface area contributed by atoms with E-state index in [1.54, 1.807) is 30.3 Å². The van der Waals surface area contributed by atoms with Gasteiger partial charge in [0.2, 0.25) is 5.91 Å². The van der Waals surface area contributed by atoms with Crippen molar-refractivity contribution in [1.82, 2.24) is 0 Å². The first-order chi connectivity index (χ1) is 12.6. The molecule has 0 aliphatic heterocycles. The van der Waals surface area contributed by atoms with Crippen molar-refractivity contribution in [2.75, 3.05) is 5.32 Å². The standard InChI is InChI=1S/C21H17ClFNO2/c22-16-9-12-20(26-18-4-2-1-3-5-18)19(14-16)24-21(25)13-8-15-6-10-17(23)11-7-15/h1-7,9-12,14H,8,13H2,(H,24,25). The van der Waals surface area contributed by atoms with Crippen LogP contribution >= 0.6 is 11.6 Å². The maximum atomic E-state index is 12.9. The zero-order valence-electron chi connectivity index (χ0n) is 13.9. The van der Waals surface area contributed by atoms with E-state index in [9.17, 15) is 9.18 Å². The van der Waals surface area contributed by atoms with Crippen molar-refractivity contribution in [3.05, 3.63) is 89.2 Å². The number of ether oxygens (including phenoxy) is 1. The average Bonchev–Trinajstić information content (AvgIpc) is 2.64. The van der Waals surface area contributed by atoms with Crippen LogP contribution in [-0.2, 0) is 11.2 Å². The minimum atomic E-state index is -0.292. The Hall–Kier alpha value is -2.85. The fourth-order valence-electron chi connectivity index (χ4n) is 2.43. The molecule has 0 heterocycles. The molecule has 26 heavy (non-hydrogen) atoms. The topological polar surface area (TPSA) is 38.3 Å². The molecule has 1 amide bonds. The summed E-state index contributed by atoms with van der Waals surface area (Å²) in [7, 11) is 0. The summed E-state index contributed by atoms with van der Waals surface area (Å²) in [5.41, 5.74) is 1.40. The first kappa shape index (κ1) is 18.0. The zero-order chi connectivity index (χ0) is 18.4. The molecule has 0 atom stereocenters. The van der Waals surface area contributed by atoms with Gasteiger partial charge in [-0.1, -0.05) is 41.9 Å². The summed E-state index contributed by atoms with van der Waals surface area (Å²) in [5, 5.41) is 3.33. The lowest BCUT2D eigenvalue weighted by atomic mass is 10.1. The van der Waals surface area contributed by atoms with Gasteiger partial charge in [0.1, 0.15) is 11.6 Å². The largest absolute Gasteiger partial charge is 0.455 e. The Kier molecular flexibility index (Phi) is 5.87. The molecule has 0 saturated heterocycles. The molecule has 3 aromatic carbocycles. The first-order valence-electron chi connectivity index (χ1n) is 8.17. The van der Waals surface area contributed by atoms with Crippen LogP contribution in [0.1, 0.15) is 12.0 Å². The Balaban J connectivity index is 1.67. The monoisotopic (exact) mass is 369 g/mol. The molecule has 0 aromatic heterocycles. The number of halogens is 2. The quantitative estimate of drug-likeness (QED) is 0.592. The van der Waals surface area contributed by atoms with Crippen molar-refractivity contribution >= 4 is 23.2 Å². The van der Waals surface area contributed by atoms with E-state index in [4.69, 9.17) is 16.3 Å². The highest BCUT2D eigenvalue weighted by Gasteiger charge is 2.10. The van der Waals surface area contributed by atoms with Gasteiger partial charge in [-0.05, 0) is 54.4 Å². The minimum Gasteiger partial charge on any atom is -0.455 e. The number of hydrogen-bond acceptors (Lipinski definition) is 2. The van der Waals surface area contributed by atoms with E-state index in [-0.39, 0.29) is 18.1 Å². The average molecular weight is 370 g/mol. The van der Waals surface area contributed by atoms with E-state index in [0.29, 0.717) is 28.6 Å². The van der Waals surface area contributed by atoms with Crippen molar-refractivity contribution in [1.29, 1.82) is 0 Å². The minimum absolute atomic E-state index is 0.172. The Labute approximate surface area is 156 Å². The smallest absolute Gasteiger partial charge is 0.224 e. The first-order valence-corrected chi connectivity index (χ1v) is 8.55. The van der Waals surface area contributed by atoms with E-state index in [2.05, 4.69) is 5.32 Å². The van der Waals surface area contributed by atoms with Crippen molar-refractivity contribution in [3.63, 3.8) is 0 Å². The maximum Gasteiger partial charge on any atom is 0.224 e. The van der Waals surface area contributed by atoms with Gasteiger partial charge < -0.3 is 10.1 Å². The number of carbonyl (C=O) groups excluding carboxylic acids is 1. The van der Waals surface area contributed by atoms with Gasteiger partial charge in [-0.3, -0.25) is 4.79 Å². The Morgan fingerprint density at radius 3 is 2.46 bits per heavy atom. The summed E-state index contributed by atoms with van der Waals surface area (Å²) in [6, 6.07) is 20.5. The number of hydrogen-bond donors (Lipinski definition) is 1. The van der Waals surface area contributed by atoms with Crippen molar-refractivity contribution in [2.45, 2.75) is 12.8 Å². The number of carbonyl (C=O) groups is 1. The number of nitrogens with one attached hydrogen (secondary N) is 1. The van der Waals surface area contributed by atoms with Crippen LogP contribution in [0.2, 0.25) is 5.02 Å². The van der Waals surface area contributed by atoms with Crippen LogP contribution in [0, 0.1) is 5.82 Å². The number of anilines is 1. The normalized spacial score (nSPS) is 10.4. The molecule has 3 rings (SSSR count). The van der Waals surface area contributed by atoms with Crippen molar-refractivity contribution in [2.24, 2.45) is 0 Å². The van der Waals surface area contributed by atoms with Gasteiger partial charge in [0, 0.05) is 11.4 Å². The predicted molar refractivity (Wildman–Crippen MR) is 101 cm³/mol. The molecule has 0 saturated carbocycles. The number of benzene rings is 3. The number of aryl methyl sites for hydroxylation is 1. The van der Waals surface area contributed by atoms with E-state index in [0.717, 1.165) is 5.56 Å². The number of amides is 1. The molecule has 132 valence electrons.